The van der Waals surface area contributed by atoms with Gasteiger partial charge in [0.25, 0.3) is 0 Å². The second-order valence-electron chi connectivity index (χ2n) is 5.73. The summed E-state index contributed by atoms with van der Waals surface area (Å²) in [5.74, 6) is 0.764. The van der Waals surface area contributed by atoms with E-state index in [0.29, 0.717) is 6.04 Å². The smallest absolute Gasteiger partial charge is 0.159 e. The van der Waals surface area contributed by atoms with E-state index in [1.807, 2.05) is 6.07 Å². The van der Waals surface area contributed by atoms with Gasteiger partial charge in [0.15, 0.2) is 5.82 Å². The van der Waals surface area contributed by atoms with Crippen molar-refractivity contribution in [2.45, 2.75) is 26.4 Å². The number of benzene rings is 2. The van der Waals surface area contributed by atoms with Crippen LogP contribution in [0.4, 0.5) is 0 Å². The number of nitrogens with zero attached hydrogens (tertiary/aromatic N) is 2. The van der Waals surface area contributed by atoms with Crippen LogP contribution < -0.4 is 5.32 Å². The van der Waals surface area contributed by atoms with Crippen molar-refractivity contribution in [3.63, 3.8) is 0 Å². The molecule has 0 amide bonds. The van der Waals surface area contributed by atoms with Crippen molar-refractivity contribution in [1.82, 2.24) is 15.3 Å². The summed E-state index contributed by atoms with van der Waals surface area (Å²) < 4.78 is 0. The molecule has 1 atom stereocenters. The molecule has 0 bridgehead atoms. The first-order chi connectivity index (χ1) is 11.2. The molecule has 1 N–H and O–H groups in total. The SMILES string of the molecule is Cc1ccccc1C(C)NCc1ccc(-c2ncccn2)cc1. The number of hydrogen-bond donors (Lipinski definition) is 1. The summed E-state index contributed by atoms with van der Waals surface area (Å²) in [4.78, 5) is 8.55. The predicted octanol–water partition coefficient (Wildman–Crippen LogP) is 4.30. The monoisotopic (exact) mass is 303 g/mol. The van der Waals surface area contributed by atoms with E-state index >= 15 is 0 Å². The lowest BCUT2D eigenvalue weighted by Gasteiger charge is -2.16. The zero-order valence-corrected chi connectivity index (χ0v) is 13.5. The van der Waals surface area contributed by atoms with Crippen molar-refractivity contribution in [3.8, 4) is 11.4 Å². The summed E-state index contributed by atoms with van der Waals surface area (Å²) in [6.07, 6.45) is 3.53. The number of aryl methyl sites for hydroxylation is 1. The molecule has 0 spiro atoms. The van der Waals surface area contributed by atoms with Gasteiger partial charge < -0.3 is 5.32 Å². The van der Waals surface area contributed by atoms with Crippen molar-refractivity contribution in [1.29, 1.82) is 0 Å². The molecule has 0 aliphatic carbocycles. The lowest BCUT2D eigenvalue weighted by molar-refractivity contribution is 0.572. The fourth-order valence-electron chi connectivity index (χ4n) is 2.67. The molecule has 3 rings (SSSR count). The molecule has 0 saturated heterocycles. The van der Waals surface area contributed by atoms with E-state index in [-0.39, 0.29) is 0 Å². The number of nitrogens with one attached hydrogen (secondary N) is 1. The van der Waals surface area contributed by atoms with Crippen molar-refractivity contribution in [2.24, 2.45) is 0 Å². The molecule has 0 aliphatic rings. The lowest BCUT2D eigenvalue weighted by Crippen LogP contribution is -2.18. The van der Waals surface area contributed by atoms with Crippen LogP contribution in [0.25, 0.3) is 11.4 Å². The molecular formula is C20H21N3. The standard InChI is InChI=1S/C20H21N3/c1-15-6-3-4-7-19(15)16(2)23-14-17-8-10-18(11-9-17)20-21-12-5-13-22-20/h3-13,16,23H,14H2,1-2H3. The molecule has 0 radical (unpaired) electrons. The van der Waals surface area contributed by atoms with Crippen LogP contribution in [0.3, 0.4) is 0 Å². The molecule has 3 aromatic rings. The van der Waals surface area contributed by atoms with Gasteiger partial charge in [0.2, 0.25) is 0 Å². The number of hydrogen-bond acceptors (Lipinski definition) is 3. The minimum atomic E-state index is 0.327. The molecule has 1 unspecified atom stereocenters. The van der Waals surface area contributed by atoms with Gasteiger partial charge in [-0.05, 0) is 36.6 Å². The largest absolute Gasteiger partial charge is 0.306 e. The highest BCUT2D eigenvalue weighted by Crippen LogP contribution is 2.18. The first-order valence-electron chi connectivity index (χ1n) is 7.89. The van der Waals surface area contributed by atoms with Gasteiger partial charge in [-0.2, -0.15) is 0 Å². The molecule has 0 saturated carbocycles. The first-order valence-corrected chi connectivity index (χ1v) is 7.89. The molecule has 1 aromatic heterocycles. The molecule has 3 heteroatoms. The second-order valence-corrected chi connectivity index (χ2v) is 5.73. The average molecular weight is 303 g/mol. The maximum absolute atomic E-state index is 4.28. The number of aromatic nitrogens is 2. The van der Waals surface area contributed by atoms with Gasteiger partial charge in [0, 0.05) is 30.5 Å². The van der Waals surface area contributed by atoms with Gasteiger partial charge in [0.05, 0.1) is 0 Å². The van der Waals surface area contributed by atoms with Crippen LogP contribution in [0.5, 0.6) is 0 Å². The van der Waals surface area contributed by atoms with E-state index in [9.17, 15) is 0 Å². The van der Waals surface area contributed by atoms with Crippen molar-refractivity contribution in [2.75, 3.05) is 0 Å². The molecule has 0 aliphatic heterocycles. The Morgan fingerprint density at radius 2 is 1.61 bits per heavy atom. The lowest BCUT2D eigenvalue weighted by atomic mass is 10.0. The average Bonchev–Trinajstić information content (AvgIpc) is 2.61. The Labute approximate surface area is 137 Å². The molecule has 2 aromatic carbocycles. The Hall–Kier alpha value is -2.52. The van der Waals surface area contributed by atoms with Crippen molar-refractivity contribution in [3.05, 3.63) is 83.7 Å². The van der Waals surface area contributed by atoms with Gasteiger partial charge in [-0.25, -0.2) is 9.97 Å². The van der Waals surface area contributed by atoms with Gasteiger partial charge >= 0.3 is 0 Å². The summed E-state index contributed by atoms with van der Waals surface area (Å²) in [7, 11) is 0. The highest BCUT2D eigenvalue weighted by Gasteiger charge is 2.07. The summed E-state index contributed by atoms with van der Waals surface area (Å²) in [5.41, 5.74) is 4.97. The highest BCUT2D eigenvalue weighted by atomic mass is 14.9. The van der Waals surface area contributed by atoms with Crippen LogP contribution in [0.1, 0.15) is 29.7 Å². The Balaban J connectivity index is 1.64. The van der Waals surface area contributed by atoms with Crippen LogP contribution in [0.15, 0.2) is 67.0 Å². The Kier molecular flexibility index (Phi) is 4.79. The second kappa shape index (κ2) is 7.16. The third-order valence-electron chi connectivity index (χ3n) is 4.05. The normalized spacial score (nSPS) is 12.1. The molecule has 116 valence electrons. The Bertz CT molecular complexity index is 751. The first kappa shape index (κ1) is 15.4. The van der Waals surface area contributed by atoms with Gasteiger partial charge in [0.1, 0.15) is 0 Å². The summed E-state index contributed by atoms with van der Waals surface area (Å²) in [5, 5.41) is 3.58. The van der Waals surface area contributed by atoms with Gasteiger partial charge in [-0.3, -0.25) is 0 Å². The zero-order valence-electron chi connectivity index (χ0n) is 13.5. The van der Waals surface area contributed by atoms with E-state index in [1.165, 1.54) is 16.7 Å². The summed E-state index contributed by atoms with van der Waals surface area (Å²) in [6, 6.07) is 19.1. The maximum atomic E-state index is 4.28. The molecule has 1 heterocycles. The topological polar surface area (TPSA) is 37.8 Å². The fraction of sp³-hybridized carbons (Fsp3) is 0.200. The molecule has 3 nitrogen and oxygen atoms in total. The molecule has 23 heavy (non-hydrogen) atoms. The van der Waals surface area contributed by atoms with Gasteiger partial charge in [-0.1, -0.05) is 48.5 Å². The minimum Gasteiger partial charge on any atom is -0.306 e. The van der Waals surface area contributed by atoms with E-state index in [2.05, 4.69) is 77.7 Å². The predicted molar refractivity (Wildman–Crippen MR) is 93.9 cm³/mol. The van der Waals surface area contributed by atoms with Crippen molar-refractivity contribution < 1.29 is 0 Å². The van der Waals surface area contributed by atoms with Crippen LogP contribution in [-0.4, -0.2) is 9.97 Å². The Morgan fingerprint density at radius 1 is 0.913 bits per heavy atom. The third-order valence-corrected chi connectivity index (χ3v) is 4.05. The van der Waals surface area contributed by atoms with E-state index in [1.54, 1.807) is 12.4 Å². The fourth-order valence-corrected chi connectivity index (χ4v) is 2.67. The van der Waals surface area contributed by atoms with Crippen LogP contribution in [0, 0.1) is 6.92 Å². The summed E-state index contributed by atoms with van der Waals surface area (Å²) >= 11 is 0. The van der Waals surface area contributed by atoms with Crippen molar-refractivity contribution >= 4 is 0 Å². The minimum absolute atomic E-state index is 0.327. The van der Waals surface area contributed by atoms with Gasteiger partial charge in [-0.15, -0.1) is 0 Å². The Morgan fingerprint density at radius 3 is 2.30 bits per heavy atom. The molecule has 0 fully saturated rings. The molecular weight excluding hydrogens is 282 g/mol. The van der Waals surface area contributed by atoms with E-state index < -0.39 is 0 Å². The van der Waals surface area contributed by atoms with Crippen LogP contribution >= 0.6 is 0 Å². The quantitative estimate of drug-likeness (QED) is 0.763. The third kappa shape index (κ3) is 3.82. The maximum Gasteiger partial charge on any atom is 0.159 e. The van der Waals surface area contributed by atoms with E-state index in [4.69, 9.17) is 0 Å². The van der Waals surface area contributed by atoms with Crippen LogP contribution in [-0.2, 0) is 6.54 Å². The highest BCUT2D eigenvalue weighted by molar-refractivity contribution is 5.54. The van der Waals surface area contributed by atoms with E-state index in [0.717, 1.165) is 17.9 Å². The van der Waals surface area contributed by atoms with Crippen LogP contribution in [0.2, 0.25) is 0 Å². The number of rotatable bonds is 5. The zero-order chi connectivity index (χ0) is 16.1. The summed E-state index contributed by atoms with van der Waals surface area (Å²) in [6.45, 7) is 5.20.